The van der Waals surface area contributed by atoms with E-state index in [1.165, 1.54) is 18.4 Å². The molecule has 2 saturated heterocycles. The van der Waals surface area contributed by atoms with E-state index < -0.39 is 18.3 Å². The Morgan fingerprint density at radius 2 is 1.96 bits per heavy atom. The van der Waals surface area contributed by atoms with Crippen molar-refractivity contribution in [2.24, 2.45) is 0 Å². The van der Waals surface area contributed by atoms with Crippen LogP contribution in [0, 0.1) is 0 Å². The summed E-state index contributed by atoms with van der Waals surface area (Å²) < 4.78 is 5.51. The minimum absolute atomic E-state index is 0.0850. The second-order valence-electron chi connectivity index (χ2n) is 7.95. The van der Waals surface area contributed by atoms with Gasteiger partial charge in [-0.15, -0.1) is 0 Å². The molecule has 1 aliphatic carbocycles. The van der Waals surface area contributed by atoms with E-state index in [4.69, 9.17) is 4.74 Å². The Labute approximate surface area is 159 Å². The fourth-order valence-corrected chi connectivity index (χ4v) is 4.00. The molecule has 3 fully saturated rings. The average Bonchev–Trinajstić information content (AvgIpc) is 3.44. The molecule has 8 nitrogen and oxygen atoms in total. The van der Waals surface area contributed by atoms with Crippen molar-refractivity contribution in [2.75, 3.05) is 31.1 Å². The first-order chi connectivity index (χ1) is 13.0. The molecule has 2 N–H and O–H groups in total. The lowest BCUT2D eigenvalue weighted by molar-refractivity contribution is -0.142. The fourth-order valence-electron chi connectivity index (χ4n) is 4.00. The molecule has 3 heterocycles. The van der Waals surface area contributed by atoms with E-state index in [0.717, 1.165) is 0 Å². The average molecular weight is 376 g/mol. The highest BCUT2D eigenvalue weighted by Crippen LogP contribution is 2.39. The second kappa shape index (κ2) is 7.69. The zero-order chi connectivity index (χ0) is 19.0. The maximum absolute atomic E-state index is 12.6. The normalized spacial score (nSPS) is 30.0. The van der Waals surface area contributed by atoms with E-state index in [2.05, 4.69) is 9.97 Å². The maximum atomic E-state index is 12.6. The molecule has 0 bridgehead atoms. The molecule has 0 radical (unpaired) electrons. The molecule has 0 spiro atoms. The van der Waals surface area contributed by atoms with Gasteiger partial charge in [-0.25, -0.2) is 9.97 Å². The van der Waals surface area contributed by atoms with Gasteiger partial charge in [-0.2, -0.15) is 0 Å². The van der Waals surface area contributed by atoms with Gasteiger partial charge in [-0.1, -0.05) is 0 Å². The molecule has 0 aromatic carbocycles. The first kappa shape index (κ1) is 18.6. The predicted molar refractivity (Wildman–Crippen MR) is 98.4 cm³/mol. The lowest BCUT2D eigenvalue weighted by Crippen LogP contribution is -2.55. The minimum atomic E-state index is -0.648. The third kappa shape index (κ3) is 4.07. The molecule has 1 amide bonds. The minimum Gasteiger partial charge on any atom is -0.391 e. The summed E-state index contributed by atoms with van der Waals surface area (Å²) >= 11 is 0. The number of ether oxygens (including phenoxy) is 1. The van der Waals surface area contributed by atoms with Gasteiger partial charge in [0.2, 0.25) is 5.95 Å². The topological polar surface area (TPSA) is 99.0 Å². The largest absolute Gasteiger partial charge is 0.391 e. The molecule has 3 aliphatic rings. The molecule has 1 aromatic heterocycles. The Hall–Kier alpha value is -1.77. The van der Waals surface area contributed by atoms with Gasteiger partial charge in [0, 0.05) is 38.4 Å². The summed E-state index contributed by atoms with van der Waals surface area (Å²) in [6, 6.07) is -0.209. The molecule has 27 heavy (non-hydrogen) atoms. The highest BCUT2D eigenvalue weighted by molar-refractivity contribution is 5.83. The van der Waals surface area contributed by atoms with Gasteiger partial charge in [-0.3, -0.25) is 4.79 Å². The smallest absolute Gasteiger partial charge is 0.252 e. The van der Waals surface area contributed by atoms with Crippen LogP contribution >= 0.6 is 0 Å². The Bertz CT molecular complexity index is 664. The molecule has 148 valence electrons. The third-order valence-corrected chi connectivity index (χ3v) is 5.67. The zero-order valence-corrected chi connectivity index (χ0v) is 15.7. The van der Waals surface area contributed by atoms with Crippen molar-refractivity contribution in [3.63, 3.8) is 0 Å². The summed E-state index contributed by atoms with van der Waals surface area (Å²) in [4.78, 5) is 25.3. The van der Waals surface area contributed by atoms with Crippen molar-refractivity contribution in [1.29, 1.82) is 0 Å². The van der Waals surface area contributed by atoms with E-state index in [9.17, 15) is 15.0 Å². The summed E-state index contributed by atoms with van der Waals surface area (Å²) in [5.74, 6) is 1.18. The van der Waals surface area contributed by atoms with Crippen LogP contribution in [0.15, 0.2) is 12.4 Å². The van der Waals surface area contributed by atoms with Crippen molar-refractivity contribution >= 4 is 11.9 Å². The zero-order valence-electron chi connectivity index (χ0n) is 15.7. The van der Waals surface area contributed by atoms with Crippen LogP contribution < -0.4 is 4.90 Å². The highest BCUT2D eigenvalue weighted by atomic mass is 16.5. The number of hydrogen-bond donors (Lipinski definition) is 2. The summed E-state index contributed by atoms with van der Waals surface area (Å²) in [7, 11) is 0. The molecular weight excluding hydrogens is 348 g/mol. The van der Waals surface area contributed by atoms with Gasteiger partial charge in [0.1, 0.15) is 6.10 Å². The molecular formula is C19H28N4O4. The first-order valence-electron chi connectivity index (χ1n) is 9.88. The second-order valence-corrected chi connectivity index (χ2v) is 7.95. The van der Waals surface area contributed by atoms with Crippen LogP contribution in [0.5, 0.6) is 0 Å². The van der Waals surface area contributed by atoms with Crippen molar-refractivity contribution in [3.05, 3.63) is 18.0 Å². The number of carbonyl (C=O) groups excluding carboxylic acids is 1. The van der Waals surface area contributed by atoms with Crippen LogP contribution in [-0.2, 0) is 9.53 Å². The van der Waals surface area contributed by atoms with Crippen LogP contribution in [0.3, 0.4) is 0 Å². The van der Waals surface area contributed by atoms with Gasteiger partial charge in [0.15, 0.2) is 0 Å². The number of aromatic nitrogens is 2. The van der Waals surface area contributed by atoms with E-state index in [-0.39, 0.29) is 18.6 Å². The number of aliphatic hydroxyl groups excluding tert-OH is 2. The summed E-state index contributed by atoms with van der Waals surface area (Å²) in [6.45, 7) is 3.48. The van der Waals surface area contributed by atoms with E-state index in [1.54, 1.807) is 11.8 Å². The Kier molecular flexibility index (Phi) is 5.29. The Morgan fingerprint density at radius 3 is 2.59 bits per heavy atom. The van der Waals surface area contributed by atoms with Crippen LogP contribution in [0.2, 0.25) is 0 Å². The van der Waals surface area contributed by atoms with Gasteiger partial charge in [-0.05, 0) is 37.7 Å². The van der Waals surface area contributed by atoms with Crippen molar-refractivity contribution in [1.82, 2.24) is 14.9 Å². The molecule has 8 heteroatoms. The lowest BCUT2D eigenvalue weighted by Gasteiger charge is -2.40. The number of rotatable bonds is 6. The molecule has 4 atom stereocenters. The highest BCUT2D eigenvalue weighted by Gasteiger charge is 2.41. The predicted octanol–water partition coefficient (Wildman–Crippen LogP) is 0.292. The third-order valence-electron chi connectivity index (χ3n) is 5.67. The van der Waals surface area contributed by atoms with Gasteiger partial charge in [0.05, 0.1) is 24.9 Å². The summed E-state index contributed by atoms with van der Waals surface area (Å²) in [6.07, 6.45) is 5.75. The van der Waals surface area contributed by atoms with E-state index in [0.29, 0.717) is 44.3 Å². The summed E-state index contributed by atoms with van der Waals surface area (Å²) in [5.41, 5.74) is 1.19. The molecule has 1 unspecified atom stereocenters. The Balaban J connectivity index is 1.34. The lowest BCUT2D eigenvalue weighted by atomic mass is 10.0. The molecule has 1 saturated carbocycles. The number of carbonyl (C=O) groups is 1. The van der Waals surface area contributed by atoms with E-state index >= 15 is 0 Å². The van der Waals surface area contributed by atoms with Gasteiger partial charge >= 0.3 is 0 Å². The first-order valence-corrected chi connectivity index (χ1v) is 9.88. The van der Waals surface area contributed by atoms with Crippen molar-refractivity contribution < 1.29 is 19.7 Å². The number of aliphatic hydroxyl groups is 2. The number of likely N-dealkylation sites (tertiary alicyclic amines) is 1. The molecule has 2 aliphatic heterocycles. The monoisotopic (exact) mass is 376 g/mol. The quantitative estimate of drug-likeness (QED) is 0.736. The maximum Gasteiger partial charge on any atom is 0.252 e. The molecule has 4 rings (SSSR count). The van der Waals surface area contributed by atoms with Crippen molar-refractivity contribution in [3.8, 4) is 0 Å². The molecule has 1 aromatic rings. The SMILES string of the molecule is CC(O)CO[C@@H]1CCN([C@@H]2CCN(c3ncc(C4CC4)cn3)C[C@H]2O)C1=O. The van der Waals surface area contributed by atoms with E-state index in [1.807, 2.05) is 17.3 Å². The fraction of sp³-hybridized carbons (Fsp3) is 0.737. The number of nitrogens with zero attached hydrogens (tertiary/aromatic N) is 4. The number of anilines is 1. The number of β-amino-alcohol motifs (C(OH)–C–C–N with tert-alkyl or cyclic N) is 1. The van der Waals surface area contributed by atoms with Crippen LogP contribution in [-0.4, -0.2) is 81.6 Å². The number of hydrogen-bond acceptors (Lipinski definition) is 7. The van der Waals surface area contributed by atoms with Crippen molar-refractivity contribution in [2.45, 2.75) is 62.9 Å². The number of piperidine rings is 1. The van der Waals surface area contributed by atoms with Gasteiger partial charge < -0.3 is 24.7 Å². The Morgan fingerprint density at radius 1 is 1.22 bits per heavy atom. The summed E-state index contributed by atoms with van der Waals surface area (Å²) in [5, 5.41) is 20.0. The van der Waals surface area contributed by atoms with Crippen LogP contribution in [0.4, 0.5) is 5.95 Å². The van der Waals surface area contributed by atoms with Crippen LogP contribution in [0.1, 0.15) is 44.1 Å². The van der Waals surface area contributed by atoms with Gasteiger partial charge in [0.25, 0.3) is 5.91 Å². The standard InChI is InChI=1S/C19H28N4O4/c1-12(24)11-27-17-5-7-23(18(17)26)15-4-6-22(10-16(15)25)19-20-8-14(9-21-19)13-2-3-13/h8-9,12-13,15-17,24-25H,2-7,10-11H2,1H3/t12?,15-,16-,17-/m1/s1. The number of amides is 1. The van der Waals surface area contributed by atoms with Crippen LogP contribution in [0.25, 0.3) is 0 Å².